The van der Waals surface area contributed by atoms with Crippen LogP contribution >= 0.6 is 0 Å². The van der Waals surface area contributed by atoms with Gasteiger partial charge in [0.1, 0.15) is 11.5 Å². The van der Waals surface area contributed by atoms with Crippen LogP contribution in [-0.4, -0.2) is 21.6 Å². The molecular weight excluding hydrogens is 306 g/mol. The van der Waals surface area contributed by atoms with Gasteiger partial charge in [-0.25, -0.2) is 0 Å². The van der Waals surface area contributed by atoms with E-state index in [0.29, 0.717) is 17.1 Å². The molecule has 24 heavy (non-hydrogen) atoms. The number of rotatable bonds is 2. The first-order valence-electron chi connectivity index (χ1n) is 7.29. The maximum absolute atomic E-state index is 12.3. The van der Waals surface area contributed by atoms with E-state index in [2.05, 4.69) is 4.99 Å². The zero-order valence-corrected chi connectivity index (χ0v) is 12.4. The Labute approximate surface area is 137 Å². The van der Waals surface area contributed by atoms with E-state index in [-0.39, 0.29) is 11.6 Å². The summed E-state index contributed by atoms with van der Waals surface area (Å²) in [5.74, 6) is 0.274. The fraction of sp³-hybridized carbons (Fsp3) is 0. The summed E-state index contributed by atoms with van der Waals surface area (Å²) >= 11 is 0. The highest BCUT2D eigenvalue weighted by atomic mass is 16.6. The van der Waals surface area contributed by atoms with Crippen molar-refractivity contribution in [2.24, 2.45) is 4.99 Å². The number of benzene rings is 2. The lowest BCUT2D eigenvalue weighted by molar-refractivity contribution is -0.384. The molecule has 2 aliphatic rings. The van der Waals surface area contributed by atoms with E-state index in [4.69, 9.17) is 0 Å². The van der Waals surface area contributed by atoms with Gasteiger partial charge in [0.05, 0.1) is 4.92 Å². The summed E-state index contributed by atoms with van der Waals surface area (Å²) < 4.78 is 0. The molecular formula is C18H11N3O3. The molecule has 2 aromatic rings. The molecule has 2 heterocycles. The molecule has 116 valence electrons. The number of fused-ring (bicyclic) bond motifs is 3. The van der Waals surface area contributed by atoms with Crippen LogP contribution in [0.1, 0.15) is 16.7 Å². The van der Waals surface area contributed by atoms with Gasteiger partial charge in [0.2, 0.25) is 0 Å². The molecule has 1 amide bonds. The molecule has 0 N–H and O–H groups in total. The molecule has 2 aromatic carbocycles. The topological polar surface area (TPSA) is 75.8 Å². The fourth-order valence-corrected chi connectivity index (χ4v) is 2.75. The number of nitro groups is 1. The third-order valence-corrected chi connectivity index (χ3v) is 3.93. The molecule has 2 aliphatic heterocycles. The molecule has 0 aliphatic carbocycles. The van der Waals surface area contributed by atoms with E-state index >= 15 is 0 Å². The van der Waals surface area contributed by atoms with Crippen molar-refractivity contribution in [2.45, 2.75) is 0 Å². The first-order chi connectivity index (χ1) is 11.6. The van der Waals surface area contributed by atoms with Gasteiger partial charge in [-0.3, -0.25) is 19.8 Å². The van der Waals surface area contributed by atoms with Crippen LogP contribution in [0.4, 0.5) is 5.69 Å². The molecule has 0 saturated heterocycles. The predicted octanol–water partition coefficient (Wildman–Crippen LogP) is 3.21. The largest absolute Gasteiger partial charge is 0.296 e. The summed E-state index contributed by atoms with van der Waals surface area (Å²) in [7, 11) is 0. The van der Waals surface area contributed by atoms with Crippen LogP contribution in [0.5, 0.6) is 0 Å². The third-order valence-electron chi connectivity index (χ3n) is 3.93. The van der Waals surface area contributed by atoms with Crippen LogP contribution in [0.3, 0.4) is 0 Å². The van der Waals surface area contributed by atoms with E-state index in [9.17, 15) is 14.9 Å². The summed E-state index contributed by atoms with van der Waals surface area (Å²) in [6.45, 7) is 0. The van der Waals surface area contributed by atoms with Crippen LogP contribution in [-0.2, 0) is 4.79 Å². The fourth-order valence-electron chi connectivity index (χ4n) is 2.75. The van der Waals surface area contributed by atoms with Crippen molar-refractivity contribution in [3.8, 4) is 0 Å². The van der Waals surface area contributed by atoms with Crippen molar-refractivity contribution in [1.82, 2.24) is 4.90 Å². The Morgan fingerprint density at radius 1 is 1.08 bits per heavy atom. The lowest BCUT2D eigenvalue weighted by atomic mass is 10.0. The molecule has 0 radical (unpaired) electrons. The highest BCUT2D eigenvalue weighted by molar-refractivity contribution is 6.21. The molecule has 6 nitrogen and oxygen atoms in total. The Balaban J connectivity index is 1.72. The zero-order chi connectivity index (χ0) is 16.7. The van der Waals surface area contributed by atoms with Gasteiger partial charge in [-0.2, -0.15) is 4.99 Å². The number of amides is 1. The van der Waals surface area contributed by atoms with Crippen molar-refractivity contribution >= 4 is 29.6 Å². The van der Waals surface area contributed by atoms with Crippen LogP contribution < -0.4 is 0 Å². The molecule has 0 bridgehead atoms. The van der Waals surface area contributed by atoms with Crippen molar-refractivity contribution in [3.63, 3.8) is 0 Å². The average molecular weight is 317 g/mol. The molecule has 0 unspecified atom stereocenters. The molecule has 0 fully saturated rings. The first kappa shape index (κ1) is 14.1. The van der Waals surface area contributed by atoms with Gasteiger partial charge in [0.25, 0.3) is 11.6 Å². The smallest absolute Gasteiger partial charge is 0.296 e. The Morgan fingerprint density at radius 3 is 2.58 bits per heavy atom. The van der Waals surface area contributed by atoms with Gasteiger partial charge < -0.3 is 0 Å². The molecule has 6 heteroatoms. The quantitative estimate of drug-likeness (QED) is 0.484. The molecule has 0 aromatic heterocycles. The predicted molar refractivity (Wildman–Crippen MR) is 89.9 cm³/mol. The Hall–Kier alpha value is -3.54. The summed E-state index contributed by atoms with van der Waals surface area (Å²) in [5.41, 5.74) is 3.05. The number of aliphatic imine (C=N–C) groups is 1. The average Bonchev–Trinajstić information content (AvgIpc) is 2.91. The summed E-state index contributed by atoms with van der Waals surface area (Å²) in [5, 5.41) is 10.7. The number of nitrogens with zero attached hydrogens (tertiary/aromatic N) is 3. The van der Waals surface area contributed by atoms with Crippen molar-refractivity contribution in [3.05, 3.63) is 87.2 Å². The number of nitro benzene ring substituents is 1. The lowest BCUT2D eigenvalue weighted by Crippen LogP contribution is -2.24. The molecule has 4 rings (SSSR count). The van der Waals surface area contributed by atoms with E-state index in [1.165, 1.54) is 12.1 Å². The number of amidine groups is 1. The second-order valence-electron chi connectivity index (χ2n) is 5.39. The second kappa shape index (κ2) is 5.27. The van der Waals surface area contributed by atoms with E-state index < -0.39 is 4.92 Å². The number of carbonyl (C=O) groups excluding carboxylic acids is 1. The zero-order valence-electron chi connectivity index (χ0n) is 12.4. The summed E-state index contributed by atoms with van der Waals surface area (Å²) in [4.78, 5) is 28.4. The Bertz CT molecular complexity index is 956. The van der Waals surface area contributed by atoms with Gasteiger partial charge in [-0.15, -0.1) is 0 Å². The van der Waals surface area contributed by atoms with Crippen LogP contribution in [0, 0.1) is 10.1 Å². The second-order valence-corrected chi connectivity index (χ2v) is 5.39. The molecule has 0 saturated carbocycles. The maximum atomic E-state index is 12.3. The van der Waals surface area contributed by atoms with Gasteiger partial charge in [-0.1, -0.05) is 24.3 Å². The van der Waals surface area contributed by atoms with Crippen LogP contribution in [0.2, 0.25) is 0 Å². The van der Waals surface area contributed by atoms with Gasteiger partial charge in [0.15, 0.2) is 0 Å². The lowest BCUT2D eigenvalue weighted by Gasteiger charge is -2.22. The maximum Gasteiger partial charge on any atom is 0.296 e. The minimum atomic E-state index is -0.455. The van der Waals surface area contributed by atoms with Gasteiger partial charge in [0, 0.05) is 23.9 Å². The summed E-state index contributed by atoms with van der Waals surface area (Å²) in [6.07, 6.45) is 5.42. The number of hydrogen-bond donors (Lipinski definition) is 0. The standard InChI is InChI=1S/C18H11N3O3/c22-18-16(11-12-5-7-14(8-6-12)21(23)24)20-10-9-13-3-1-2-4-15(13)17(20)19-18/h1-11H. The van der Waals surface area contributed by atoms with Crippen LogP contribution in [0.25, 0.3) is 12.2 Å². The minimum absolute atomic E-state index is 0.0126. The van der Waals surface area contributed by atoms with E-state index in [1.807, 2.05) is 36.5 Å². The van der Waals surface area contributed by atoms with Crippen molar-refractivity contribution in [2.75, 3.05) is 0 Å². The van der Waals surface area contributed by atoms with E-state index in [0.717, 1.165) is 11.1 Å². The monoisotopic (exact) mass is 317 g/mol. The number of hydrogen-bond acceptors (Lipinski definition) is 4. The Morgan fingerprint density at radius 2 is 1.83 bits per heavy atom. The van der Waals surface area contributed by atoms with Crippen molar-refractivity contribution in [1.29, 1.82) is 0 Å². The Kier molecular flexibility index (Phi) is 3.09. The highest BCUT2D eigenvalue weighted by Crippen LogP contribution is 2.29. The van der Waals surface area contributed by atoms with Gasteiger partial charge >= 0.3 is 0 Å². The first-order valence-corrected chi connectivity index (χ1v) is 7.29. The third kappa shape index (κ3) is 2.21. The number of non-ortho nitro benzene ring substituents is 1. The SMILES string of the molecule is O=C1N=C2c3ccccc3C=CN2C1=Cc1ccc([N+](=O)[O-])cc1. The highest BCUT2D eigenvalue weighted by Gasteiger charge is 2.31. The van der Waals surface area contributed by atoms with Gasteiger partial charge in [-0.05, 0) is 35.4 Å². The van der Waals surface area contributed by atoms with E-state index in [1.54, 1.807) is 23.1 Å². The minimum Gasteiger partial charge on any atom is -0.296 e. The summed E-state index contributed by atoms with van der Waals surface area (Å²) in [6, 6.07) is 13.8. The molecule has 0 atom stereocenters. The normalized spacial score (nSPS) is 16.8. The molecule has 0 spiro atoms. The van der Waals surface area contributed by atoms with Crippen LogP contribution in [0.15, 0.2) is 65.4 Å². The number of carbonyl (C=O) groups is 1. The van der Waals surface area contributed by atoms with Crippen molar-refractivity contribution < 1.29 is 9.72 Å².